The van der Waals surface area contributed by atoms with Gasteiger partial charge in [0.25, 0.3) is 5.91 Å². The Morgan fingerprint density at radius 3 is 2.41 bits per heavy atom. The lowest BCUT2D eigenvalue weighted by molar-refractivity contribution is -0.115. The number of carbonyl (C=O) groups excluding carboxylic acids is 2. The summed E-state index contributed by atoms with van der Waals surface area (Å²) in [6, 6.07) is 22.1. The quantitative estimate of drug-likeness (QED) is 0.289. The zero-order valence-corrected chi connectivity index (χ0v) is 19.8. The first-order valence-electron chi connectivity index (χ1n) is 10.2. The second-order valence-electron chi connectivity index (χ2n) is 7.35. The van der Waals surface area contributed by atoms with Gasteiger partial charge in [-0.05, 0) is 23.8 Å². The zero-order valence-electron chi connectivity index (χ0n) is 17.5. The van der Waals surface area contributed by atoms with Crippen LogP contribution in [0.5, 0.6) is 0 Å². The Kier molecular flexibility index (Phi) is 6.11. The second-order valence-corrected chi connectivity index (χ2v) is 9.20. The summed E-state index contributed by atoms with van der Waals surface area (Å²) in [5.41, 5.74) is 2.18. The minimum atomic E-state index is -0.443. The number of halogens is 2. The predicted octanol–water partition coefficient (Wildman–Crippen LogP) is 6.56. The third kappa shape index (κ3) is 4.43. The van der Waals surface area contributed by atoms with Crippen LogP contribution in [0, 0.1) is 0 Å². The van der Waals surface area contributed by atoms with E-state index in [4.69, 9.17) is 23.2 Å². The molecule has 1 amide bonds. The van der Waals surface area contributed by atoms with Crippen LogP contribution in [0.25, 0.3) is 16.3 Å². The van der Waals surface area contributed by atoms with Crippen LogP contribution in [0.2, 0.25) is 10.0 Å². The highest BCUT2D eigenvalue weighted by Gasteiger charge is 2.35. The molecular weight excluding hydrogens is 489 g/mol. The molecule has 0 fully saturated rings. The van der Waals surface area contributed by atoms with Gasteiger partial charge in [0, 0.05) is 16.7 Å². The molecule has 1 aromatic heterocycles. The van der Waals surface area contributed by atoms with Gasteiger partial charge < -0.3 is 0 Å². The van der Waals surface area contributed by atoms with E-state index in [2.05, 4.69) is 9.98 Å². The Morgan fingerprint density at radius 1 is 0.971 bits per heavy atom. The topological polar surface area (TPSA) is 62.6 Å². The lowest BCUT2D eigenvalue weighted by Crippen LogP contribution is -2.32. The van der Waals surface area contributed by atoms with Gasteiger partial charge in [-0.15, -0.1) is 0 Å². The van der Waals surface area contributed by atoms with Gasteiger partial charge in [0.05, 0.1) is 9.72 Å². The number of aliphatic imine (C=N–C) groups is 1. The normalized spacial score (nSPS) is 15.0. The molecule has 0 bridgehead atoms. The van der Waals surface area contributed by atoms with Gasteiger partial charge in [-0.3, -0.25) is 9.59 Å². The Morgan fingerprint density at radius 2 is 1.68 bits per heavy atom. The highest BCUT2D eigenvalue weighted by Crippen LogP contribution is 2.37. The number of allylic oxidation sites excluding steroid dienone is 2. The molecule has 0 radical (unpaired) electrons. The van der Waals surface area contributed by atoms with Gasteiger partial charge in [0.1, 0.15) is 17.0 Å². The fourth-order valence-corrected chi connectivity index (χ4v) is 5.13. The highest BCUT2D eigenvalue weighted by molar-refractivity contribution is 7.22. The van der Waals surface area contributed by atoms with E-state index in [9.17, 15) is 9.59 Å². The molecule has 0 unspecified atom stereocenters. The van der Waals surface area contributed by atoms with Crippen molar-refractivity contribution in [1.29, 1.82) is 0 Å². The summed E-state index contributed by atoms with van der Waals surface area (Å²) in [5.74, 6) is -0.399. The number of aromatic nitrogens is 1. The van der Waals surface area contributed by atoms with Crippen molar-refractivity contribution >= 4 is 73.5 Å². The fraction of sp³-hybridized carbons (Fsp3) is 0. The van der Waals surface area contributed by atoms with Crippen LogP contribution in [0.4, 0.5) is 5.13 Å². The molecule has 0 aliphatic carbocycles. The van der Waals surface area contributed by atoms with E-state index < -0.39 is 5.91 Å². The summed E-state index contributed by atoms with van der Waals surface area (Å²) in [5, 5.41) is 1.27. The van der Waals surface area contributed by atoms with Crippen molar-refractivity contribution in [3.63, 3.8) is 0 Å². The molecule has 4 aromatic rings. The van der Waals surface area contributed by atoms with Crippen LogP contribution in [-0.2, 0) is 9.59 Å². The summed E-state index contributed by atoms with van der Waals surface area (Å²) >= 11 is 13.7. The molecule has 0 saturated carbocycles. The monoisotopic (exact) mass is 503 g/mol. The summed E-state index contributed by atoms with van der Waals surface area (Å²) in [7, 11) is 0. The summed E-state index contributed by atoms with van der Waals surface area (Å²) in [6.07, 6.45) is 4.34. The fourth-order valence-electron chi connectivity index (χ4n) is 3.44. The number of carbonyl (C=O) groups is 2. The maximum absolute atomic E-state index is 13.4. The Labute approximate surface area is 209 Å². The minimum Gasteiger partial charge on any atom is -0.290 e. The van der Waals surface area contributed by atoms with Crippen LogP contribution in [0.3, 0.4) is 0 Å². The average Bonchev–Trinajstić information content (AvgIpc) is 3.40. The molecule has 1 aliphatic heterocycles. The van der Waals surface area contributed by atoms with Gasteiger partial charge in [0.2, 0.25) is 0 Å². The number of benzene rings is 3. The van der Waals surface area contributed by atoms with E-state index in [0.717, 1.165) is 15.8 Å². The number of amides is 1. The van der Waals surface area contributed by atoms with Crippen molar-refractivity contribution in [2.75, 3.05) is 4.90 Å². The third-order valence-electron chi connectivity index (χ3n) is 5.00. The van der Waals surface area contributed by atoms with Crippen molar-refractivity contribution in [3.05, 3.63) is 112 Å². The van der Waals surface area contributed by atoms with Crippen molar-refractivity contribution in [3.8, 4) is 0 Å². The molecule has 0 spiro atoms. The Hall–Kier alpha value is -3.58. The summed E-state index contributed by atoms with van der Waals surface area (Å²) in [6.45, 7) is 0. The first kappa shape index (κ1) is 22.2. The van der Waals surface area contributed by atoms with Crippen molar-refractivity contribution < 1.29 is 9.59 Å². The van der Waals surface area contributed by atoms with Crippen LogP contribution in [0.15, 0.2) is 95.6 Å². The van der Waals surface area contributed by atoms with Crippen molar-refractivity contribution in [1.82, 2.24) is 4.98 Å². The van der Waals surface area contributed by atoms with E-state index in [-0.39, 0.29) is 11.5 Å². The molecule has 2 heterocycles. The van der Waals surface area contributed by atoms with Gasteiger partial charge in [-0.1, -0.05) is 101 Å². The lowest BCUT2D eigenvalue weighted by atomic mass is 10.2. The van der Waals surface area contributed by atoms with E-state index in [0.29, 0.717) is 26.5 Å². The molecule has 8 heteroatoms. The number of hydrogen-bond acceptors (Lipinski definition) is 5. The van der Waals surface area contributed by atoms with Crippen molar-refractivity contribution in [2.45, 2.75) is 0 Å². The molecule has 5 rings (SSSR count). The number of thiazole rings is 1. The number of amidine groups is 1. The Bertz CT molecular complexity index is 1510. The van der Waals surface area contributed by atoms with Gasteiger partial charge in [0.15, 0.2) is 10.9 Å². The van der Waals surface area contributed by atoms with Crippen LogP contribution < -0.4 is 4.90 Å². The largest absolute Gasteiger partial charge is 0.290 e. The van der Waals surface area contributed by atoms with E-state index >= 15 is 0 Å². The van der Waals surface area contributed by atoms with Gasteiger partial charge in [-0.25, -0.2) is 14.9 Å². The number of anilines is 1. The Balaban J connectivity index is 1.54. The lowest BCUT2D eigenvalue weighted by Gasteiger charge is -2.14. The third-order valence-corrected chi connectivity index (χ3v) is 6.50. The van der Waals surface area contributed by atoms with E-state index in [1.54, 1.807) is 18.2 Å². The first-order valence-corrected chi connectivity index (χ1v) is 11.8. The molecular formula is C26H15Cl2N3O2S. The first-order chi connectivity index (χ1) is 16.5. The maximum Gasteiger partial charge on any atom is 0.284 e. The van der Waals surface area contributed by atoms with E-state index in [1.807, 2.05) is 60.7 Å². The number of hydrogen-bond donors (Lipinski definition) is 0. The molecule has 0 N–H and O–H groups in total. The molecule has 0 atom stereocenters. The molecule has 3 aromatic carbocycles. The van der Waals surface area contributed by atoms with Gasteiger partial charge >= 0.3 is 0 Å². The predicted molar refractivity (Wildman–Crippen MR) is 139 cm³/mol. The second kappa shape index (κ2) is 9.35. The number of nitrogens with zero attached hydrogens (tertiary/aromatic N) is 3. The zero-order chi connectivity index (χ0) is 23.7. The van der Waals surface area contributed by atoms with Crippen LogP contribution >= 0.6 is 34.5 Å². The smallest absolute Gasteiger partial charge is 0.284 e. The minimum absolute atomic E-state index is 0.0324. The molecule has 0 saturated heterocycles. The maximum atomic E-state index is 13.4. The molecule has 166 valence electrons. The summed E-state index contributed by atoms with van der Waals surface area (Å²) in [4.78, 5) is 36.5. The average molecular weight is 504 g/mol. The number of fused-ring (bicyclic) bond motifs is 1. The standard InChI is InChI=1S/C26H15Cl2N3O2S/c27-18-13-20(28)23-22(14-18)34-26(30-23)31-24(17-9-5-2-6-10-17)29-21(25(31)33)15-19(32)12-11-16-7-3-1-4-8-16/h1-15H/b12-11+,21-15-. The van der Waals surface area contributed by atoms with Crippen molar-refractivity contribution in [2.24, 2.45) is 4.99 Å². The molecule has 5 nitrogen and oxygen atoms in total. The molecule has 34 heavy (non-hydrogen) atoms. The SMILES string of the molecule is O=C(/C=C1\N=C(c2ccccc2)N(c2nc3c(Cl)cc(Cl)cc3s2)C1=O)/C=C/c1ccccc1. The number of ketones is 1. The number of rotatable bonds is 5. The van der Waals surface area contributed by atoms with Crippen LogP contribution in [-0.4, -0.2) is 22.5 Å². The van der Waals surface area contributed by atoms with E-state index in [1.165, 1.54) is 28.4 Å². The molecule has 1 aliphatic rings. The summed E-state index contributed by atoms with van der Waals surface area (Å²) < 4.78 is 0.743. The van der Waals surface area contributed by atoms with Gasteiger partial charge in [-0.2, -0.15) is 0 Å². The van der Waals surface area contributed by atoms with Crippen LogP contribution in [0.1, 0.15) is 11.1 Å². The highest BCUT2D eigenvalue weighted by atomic mass is 35.5.